The Kier molecular flexibility index (Phi) is 10.1. The first-order chi connectivity index (χ1) is 26.4. The molecule has 0 radical (unpaired) electrons. The van der Waals surface area contributed by atoms with Crippen molar-refractivity contribution in [3.63, 3.8) is 0 Å². The van der Waals surface area contributed by atoms with E-state index in [0.717, 1.165) is 53.8 Å². The molecule has 3 aliphatic rings. The number of nitrogens with one attached hydrogen (secondary N) is 1. The minimum atomic E-state index is 0.245. The number of aromatic nitrogens is 2. The van der Waals surface area contributed by atoms with Crippen molar-refractivity contribution in [2.75, 3.05) is 0 Å². The first kappa shape index (κ1) is 35.1. The summed E-state index contributed by atoms with van der Waals surface area (Å²) in [6.07, 6.45) is 28.7. The number of nitrogens with zero attached hydrogens (tertiary/aromatic N) is 2. The second-order valence-corrected chi connectivity index (χ2v) is 15.0. The molecule has 8 rings (SSSR count). The molecular formula is C51H49N3. The lowest BCUT2D eigenvalue weighted by Gasteiger charge is -2.23. The average molecular weight is 704 g/mol. The fraction of sp³-hybridized carbons (Fsp3) is 0.196. The zero-order valence-corrected chi connectivity index (χ0v) is 31.9. The van der Waals surface area contributed by atoms with E-state index in [1.54, 1.807) is 0 Å². The van der Waals surface area contributed by atoms with E-state index in [-0.39, 0.29) is 6.04 Å². The number of aryl methyl sites for hydroxylation is 1. The predicted molar refractivity (Wildman–Crippen MR) is 231 cm³/mol. The standard InChI is InChI=1S/C51H49N3/c1-5-13-46(18-12-17-39(35(2)3)32-40-15-7-6-14-36(40)4)54-50-21-11-10-20-49(50)53-51(54)38-24-29-45(30-25-38)52-44-27-22-37(23-28-44)41-26-31-48-43(33-41)34-42-16-8-9-19-47(42)48/h5-22,24-27,29,31-33,35,45,52H,23,28,30,34H2,1-4H3/b13-5-,17-12+,39-32-,46-18+. The first-order valence-corrected chi connectivity index (χ1v) is 19.5. The molecular weight excluding hydrogens is 655 g/mol. The summed E-state index contributed by atoms with van der Waals surface area (Å²) in [6, 6.07) is 33.1. The molecule has 0 fully saturated rings. The molecule has 0 saturated heterocycles. The summed E-state index contributed by atoms with van der Waals surface area (Å²) in [5, 5.41) is 3.83. The fourth-order valence-corrected chi connectivity index (χ4v) is 7.92. The SMILES string of the molecule is C\C=C/C(=C\C=C\C(=C\c1ccccc1C)C(C)C)n1c(C2=CCC(NC3=CC=C(c4ccc5c(c4)Cc4ccccc4-5)CC3)C=C2)nc2ccccc21. The van der Waals surface area contributed by atoms with E-state index < -0.39 is 0 Å². The van der Waals surface area contributed by atoms with Crippen LogP contribution in [-0.2, 0) is 6.42 Å². The van der Waals surface area contributed by atoms with E-state index in [0.29, 0.717) is 5.92 Å². The van der Waals surface area contributed by atoms with E-state index in [1.807, 2.05) is 0 Å². The van der Waals surface area contributed by atoms with Crippen molar-refractivity contribution in [2.45, 2.75) is 59.4 Å². The van der Waals surface area contributed by atoms with Gasteiger partial charge in [-0.15, -0.1) is 0 Å². The van der Waals surface area contributed by atoms with Crippen molar-refractivity contribution in [3.05, 3.63) is 197 Å². The molecule has 0 spiro atoms. The topological polar surface area (TPSA) is 29.9 Å². The summed E-state index contributed by atoms with van der Waals surface area (Å²) in [5.41, 5.74) is 17.9. The Balaban J connectivity index is 1.000. The van der Waals surface area contributed by atoms with Crippen LogP contribution in [0.3, 0.4) is 0 Å². The van der Waals surface area contributed by atoms with Crippen LogP contribution in [0.2, 0.25) is 0 Å². The normalized spacial score (nSPS) is 17.3. The van der Waals surface area contributed by atoms with Gasteiger partial charge in [0.05, 0.1) is 11.0 Å². The highest BCUT2D eigenvalue weighted by Gasteiger charge is 2.21. The molecule has 5 aromatic rings. The van der Waals surface area contributed by atoms with Gasteiger partial charge in [-0.25, -0.2) is 4.98 Å². The number of rotatable bonds is 10. The Bertz CT molecular complexity index is 2470. The summed E-state index contributed by atoms with van der Waals surface area (Å²) in [7, 11) is 0. The van der Waals surface area contributed by atoms with Crippen LogP contribution in [0.5, 0.6) is 0 Å². The maximum Gasteiger partial charge on any atom is 0.145 e. The van der Waals surface area contributed by atoms with Crippen LogP contribution in [0.25, 0.3) is 45.1 Å². The van der Waals surface area contributed by atoms with Gasteiger partial charge < -0.3 is 5.32 Å². The third kappa shape index (κ3) is 7.32. The van der Waals surface area contributed by atoms with Gasteiger partial charge in [-0.2, -0.15) is 0 Å². The Morgan fingerprint density at radius 3 is 2.48 bits per heavy atom. The van der Waals surface area contributed by atoms with Crippen molar-refractivity contribution < 1.29 is 0 Å². The van der Waals surface area contributed by atoms with Gasteiger partial charge in [-0.05, 0) is 126 Å². The smallest absolute Gasteiger partial charge is 0.145 e. The van der Waals surface area contributed by atoms with E-state index in [1.165, 1.54) is 55.8 Å². The Labute approximate surface area is 320 Å². The molecule has 3 heteroatoms. The van der Waals surface area contributed by atoms with Crippen LogP contribution in [0.4, 0.5) is 0 Å². The van der Waals surface area contributed by atoms with Crippen molar-refractivity contribution in [3.8, 4) is 11.1 Å². The third-order valence-electron chi connectivity index (χ3n) is 10.9. The van der Waals surface area contributed by atoms with Crippen LogP contribution in [-0.4, -0.2) is 15.6 Å². The summed E-state index contributed by atoms with van der Waals surface area (Å²) in [6.45, 7) is 8.76. The van der Waals surface area contributed by atoms with Gasteiger partial charge in [-0.3, -0.25) is 4.57 Å². The van der Waals surface area contributed by atoms with Crippen LogP contribution >= 0.6 is 0 Å². The van der Waals surface area contributed by atoms with Gasteiger partial charge in [-0.1, -0.05) is 141 Å². The zero-order valence-electron chi connectivity index (χ0n) is 31.9. The maximum absolute atomic E-state index is 5.18. The van der Waals surface area contributed by atoms with E-state index >= 15 is 0 Å². The highest BCUT2D eigenvalue weighted by atomic mass is 15.1. The predicted octanol–water partition coefficient (Wildman–Crippen LogP) is 12.7. The number of hydrogen-bond donors (Lipinski definition) is 1. The second kappa shape index (κ2) is 15.6. The second-order valence-electron chi connectivity index (χ2n) is 15.0. The lowest BCUT2D eigenvalue weighted by Crippen LogP contribution is -2.28. The van der Waals surface area contributed by atoms with Crippen LogP contribution in [0.1, 0.15) is 73.7 Å². The molecule has 3 aliphatic carbocycles. The van der Waals surface area contributed by atoms with Gasteiger partial charge >= 0.3 is 0 Å². The van der Waals surface area contributed by atoms with E-state index in [4.69, 9.17) is 4.98 Å². The number of para-hydroxylation sites is 2. The molecule has 0 saturated carbocycles. The largest absolute Gasteiger partial charge is 0.382 e. The van der Waals surface area contributed by atoms with Crippen molar-refractivity contribution >= 4 is 34.0 Å². The van der Waals surface area contributed by atoms with Crippen molar-refractivity contribution in [1.29, 1.82) is 0 Å². The highest BCUT2D eigenvalue weighted by molar-refractivity contribution is 5.88. The summed E-state index contributed by atoms with van der Waals surface area (Å²) < 4.78 is 2.30. The number of fused-ring (bicyclic) bond motifs is 4. The lowest BCUT2D eigenvalue weighted by atomic mass is 9.92. The molecule has 268 valence electrons. The summed E-state index contributed by atoms with van der Waals surface area (Å²) in [5.74, 6) is 1.36. The summed E-state index contributed by atoms with van der Waals surface area (Å²) >= 11 is 0. The molecule has 54 heavy (non-hydrogen) atoms. The van der Waals surface area contributed by atoms with Gasteiger partial charge in [0.25, 0.3) is 0 Å². The number of imidazole rings is 1. The fourth-order valence-electron chi connectivity index (χ4n) is 7.92. The molecule has 3 nitrogen and oxygen atoms in total. The molecule has 0 bridgehead atoms. The number of hydrogen-bond acceptors (Lipinski definition) is 2. The van der Waals surface area contributed by atoms with E-state index in [9.17, 15) is 0 Å². The number of allylic oxidation sites excluding steroid dienone is 13. The highest BCUT2D eigenvalue weighted by Crippen LogP contribution is 2.39. The molecule has 1 N–H and O–H groups in total. The molecule has 0 aliphatic heterocycles. The van der Waals surface area contributed by atoms with Gasteiger partial charge in [0.2, 0.25) is 0 Å². The van der Waals surface area contributed by atoms with E-state index in [2.05, 4.69) is 195 Å². The molecule has 4 aromatic carbocycles. The molecule has 1 heterocycles. The third-order valence-corrected chi connectivity index (χ3v) is 10.9. The van der Waals surface area contributed by atoms with Gasteiger partial charge in [0, 0.05) is 23.0 Å². The Morgan fingerprint density at radius 1 is 0.870 bits per heavy atom. The van der Waals surface area contributed by atoms with Crippen LogP contribution < -0.4 is 5.32 Å². The quantitative estimate of drug-likeness (QED) is 0.144. The number of benzene rings is 4. The monoisotopic (exact) mass is 703 g/mol. The maximum atomic E-state index is 5.18. The van der Waals surface area contributed by atoms with Crippen LogP contribution in [0.15, 0.2) is 163 Å². The Morgan fingerprint density at radius 2 is 1.69 bits per heavy atom. The van der Waals surface area contributed by atoms with Crippen LogP contribution in [0, 0.1) is 12.8 Å². The zero-order chi connectivity index (χ0) is 37.0. The lowest BCUT2D eigenvalue weighted by molar-refractivity contribution is 0.647. The Hall–Kier alpha value is -5.93. The van der Waals surface area contributed by atoms with Gasteiger partial charge in [0.1, 0.15) is 5.82 Å². The van der Waals surface area contributed by atoms with Crippen molar-refractivity contribution in [1.82, 2.24) is 14.9 Å². The first-order valence-electron chi connectivity index (χ1n) is 19.5. The van der Waals surface area contributed by atoms with Gasteiger partial charge in [0.15, 0.2) is 0 Å². The summed E-state index contributed by atoms with van der Waals surface area (Å²) in [4.78, 5) is 5.18. The molecule has 1 atom stereocenters. The molecule has 0 amide bonds. The average Bonchev–Trinajstić information content (AvgIpc) is 3.77. The minimum Gasteiger partial charge on any atom is -0.382 e. The van der Waals surface area contributed by atoms with Crippen molar-refractivity contribution in [2.24, 2.45) is 5.92 Å². The minimum absolute atomic E-state index is 0.245. The molecule has 1 aromatic heterocycles. The molecule has 1 unspecified atom stereocenters.